The van der Waals surface area contributed by atoms with Gasteiger partial charge in [-0.15, -0.1) is 0 Å². The number of nitro benzene ring substituents is 1. The number of nitro groups is 1. The van der Waals surface area contributed by atoms with Crippen LogP contribution in [-0.2, 0) is 11.0 Å². The molecular formula is C13H17F3N4O3. The number of nitrogens with two attached hydrogens (primary N) is 1. The molecule has 0 aromatic heterocycles. The smallest absolute Gasteiger partial charge is 0.379 e. The van der Waals surface area contributed by atoms with Crippen molar-refractivity contribution in [1.29, 1.82) is 0 Å². The van der Waals surface area contributed by atoms with Crippen molar-refractivity contribution < 1.29 is 22.9 Å². The Morgan fingerprint density at radius 1 is 1.43 bits per heavy atom. The predicted octanol–water partition coefficient (Wildman–Crippen LogP) is 1.88. The first-order valence-corrected chi connectivity index (χ1v) is 6.74. The second kappa shape index (κ2) is 7.77. The number of halogens is 3. The van der Waals surface area contributed by atoms with Crippen LogP contribution in [0.1, 0.15) is 18.9 Å². The lowest BCUT2D eigenvalue weighted by molar-refractivity contribution is -0.384. The van der Waals surface area contributed by atoms with Crippen molar-refractivity contribution in [3.63, 3.8) is 0 Å². The Morgan fingerprint density at radius 2 is 2.09 bits per heavy atom. The van der Waals surface area contributed by atoms with E-state index in [1.165, 1.54) is 0 Å². The molecule has 4 N–H and O–H groups in total. The van der Waals surface area contributed by atoms with Gasteiger partial charge in [0.05, 0.1) is 10.5 Å². The fourth-order valence-electron chi connectivity index (χ4n) is 1.73. The molecule has 0 unspecified atom stereocenters. The summed E-state index contributed by atoms with van der Waals surface area (Å²) in [6, 6.07) is 1.97. The minimum Gasteiger partial charge on any atom is -0.379 e. The molecule has 1 rings (SSSR count). The Kier molecular flexibility index (Phi) is 6.31. The topological polar surface area (TPSA) is 110 Å². The molecule has 1 atom stereocenters. The fraction of sp³-hybridized carbons (Fsp3) is 0.462. The molecule has 23 heavy (non-hydrogen) atoms. The molecule has 128 valence electrons. The number of hydrogen-bond donors (Lipinski definition) is 3. The van der Waals surface area contributed by atoms with Gasteiger partial charge in [-0.05, 0) is 19.1 Å². The van der Waals surface area contributed by atoms with Crippen molar-refractivity contribution in [3.05, 3.63) is 33.9 Å². The van der Waals surface area contributed by atoms with E-state index in [1.54, 1.807) is 6.92 Å². The highest BCUT2D eigenvalue weighted by Crippen LogP contribution is 2.34. The number of amides is 1. The van der Waals surface area contributed by atoms with Gasteiger partial charge in [0, 0.05) is 31.6 Å². The van der Waals surface area contributed by atoms with Crippen LogP contribution in [0.5, 0.6) is 0 Å². The first kappa shape index (κ1) is 18.7. The largest absolute Gasteiger partial charge is 0.416 e. The van der Waals surface area contributed by atoms with E-state index in [9.17, 15) is 28.1 Å². The molecule has 0 aliphatic rings. The van der Waals surface area contributed by atoms with Crippen LogP contribution in [0.3, 0.4) is 0 Å². The average Bonchev–Trinajstić information content (AvgIpc) is 2.45. The van der Waals surface area contributed by atoms with Gasteiger partial charge < -0.3 is 16.4 Å². The second-order valence-electron chi connectivity index (χ2n) is 4.87. The highest BCUT2D eigenvalue weighted by Gasteiger charge is 2.33. The quantitative estimate of drug-likeness (QED) is 0.521. The third-order valence-electron chi connectivity index (χ3n) is 2.95. The van der Waals surface area contributed by atoms with Gasteiger partial charge in [0.2, 0.25) is 5.91 Å². The zero-order chi connectivity index (χ0) is 17.6. The second-order valence-corrected chi connectivity index (χ2v) is 4.87. The van der Waals surface area contributed by atoms with Gasteiger partial charge in [-0.25, -0.2) is 0 Å². The van der Waals surface area contributed by atoms with Gasteiger partial charge in [-0.1, -0.05) is 0 Å². The van der Waals surface area contributed by atoms with Crippen LogP contribution in [0.15, 0.2) is 18.2 Å². The zero-order valence-electron chi connectivity index (χ0n) is 12.3. The fourth-order valence-corrected chi connectivity index (χ4v) is 1.73. The zero-order valence-corrected chi connectivity index (χ0v) is 12.3. The summed E-state index contributed by atoms with van der Waals surface area (Å²) in [6.07, 6.45) is -4.66. The Labute approximate surface area is 130 Å². The number of benzene rings is 1. The number of carbonyl (C=O) groups is 1. The van der Waals surface area contributed by atoms with Gasteiger partial charge in [0.15, 0.2) is 0 Å². The Balaban J connectivity index is 2.73. The lowest BCUT2D eigenvalue weighted by atomic mass is 10.1. The monoisotopic (exact) mass is 334 g/mol. The molecule has 0 saturated carbocycles. The molecule has 0 saturated heterocycles. The first-order valence-electron chi connectivity index (χ1n) is 6.74. The van der Waals surface area contributed by atoms with Crippen molar-refractivity contribution in [2.45, 2.75) is 25.6 Å². The molecule has 0 bridgehead atoms. The summed E-state index contributed by atoms with van der Waals surface area (Å²) in [5, 5.41) is 16.1. The van der Waals surface area contributed by atoms with Crippen molar-refractivity contribution >= 4 is 17.3 Å². The van der Waals surface area contributed by atoms with E-state index in [2.05, 4.69) is 10.6 Å². The van der Waals surface area contributed by atoms with Crippen molar-refractivity contribution in [3.8, 4) is 0 Å². The van der Waals surface area contributed by atoms with E-state index >= 15 is 0 Å². The molecule has 1 aromatic carbocycles. The highest BCUT2D eigenvalue weighted by atomic mass is 19.4. The molecular weight excluding hydrogens is 317 g/mol. The molecule has 0 fully saturated rings. The summed E-state index contributed by atoms with van der Waals surface area (Å²) < 4.78 is 37.7. The normalized spacial score (nSPS) is 12.6. The van der Waals surface area contributed by atoms with Gasteiger partial charge >= 0.3 is 6.18 Å². The standard InChI is InChI=1S/C13H17F3N4O3/c1-8(7-17)19-12(21)4-5-18-10-3-2-9(13(14,15)16)6-11(10)20(22)23/h2-3,6,8,18H,4-5,7,17H2,1H3,(H,19,21)/t8-/m0/s1. The molecule has 1 amide bonds. The van der Waals surface area contributed by atoms with Crippen LogP contribution in [0.4, 0.5) is 24.5 Å². The summed E-state index contributed by atoms with van der Waals surface area (Å²) in [4.78, 5) is 21.5. The van der Waals surface area contributed by atoms with Crippen LogP contribution in [0.25, 0.3) is 0 Å². The summed E-state index contributed by atoms with van der Waals surface area (Å²) in [5.74, 6) is -0.315. The van der Waals surface area contributed by atoms with E-state index in [0.29, 0.717) is 6.07 Å². The Bertz CT molecular complexity index is 578. The Hall–Kier alpha value is -2.36. The molecule has 0 spiro atoms. The lowest BCUT2D eigenvalue weighted by Crippen LogP contribution is -2.38. The summed E-state index contributed by atoms with van der Waals surface area (Å²) >= 11 is 0. The van der Waals surface area contributed by atoms with E-state index in [4.69, 9.17) is 5.73 Å². The number of carbonyl (C=O) groups excluding carboxylic acids is 1. The molecule has 0 aliphatic carbocycles. The SMILES string of the molecule is C[C@@H](CN)NC(=O)CCNc1ccc(C(F)(F)F)cc1[N+](=O)[O-]. The maximum absolute atomic E-state index is 12.6. The van der Waals surface area contributed by atoms with E-state index < -0.39 is 22.4 Å². The number of rotatable bonds is 7. The Morgan fingerprint density at radius 3 is 2.61 bits per heavy atom. The highest BCUT2D eigenvalue weighted by molar-refractivity contribution is 5.77. The van der Waals surface area contributed by atoms with Gasteiger partial charge in [0.1, 0.15) is 5.69 Å². The number of alkyl halides is 3. The van der Waals surface area contributed by atoms with Crippen LogP contribution in [-0.4, -0.2) is 30.0 Å². The van der Waals surface area contributed by atoms with E-state index in [1.807, 2.05) is 0 Å². The van der Waals surface area contributed by atoms with Crippen LogP contribution < -0.4 is 16.4 Å². The molecule has 1 aromatic rings. The average molecular weight is 334 g/mol. The van der Waals surface area contributed by atoms with Crippen LogP contribution >= 0.6 is 0 Å². The van der Waals surface area contributed by atoms with Crippen LogP contribution in [0.2, 0.25) is 0 Å². The molecule has 0 aliphatic heterocycles. The third-order valence-corrected chi connectivity index (χ3v) is 2.95. The van der Waals surface area contributed by atoms with Gasteiger partial charge in [-0.3, -0.25) is 14.9 Å². The molecule has 10 heteroatoms. The number of nitrogens with zero attached hydrogens (tertiary/aromatic N) is 1. The molecule has 0 heterocycles. The predicted molar refractivity (Wildman–Crippen MR) is 77.9 cm³/mol. The van der Waals surface area contributed by atoms with Gasteiger partial charge in [-0.2, -0.15) is 13.2 Å². The summed E-state index contributed by atoms with van der Waals surface area (Å²) in [7, 11) is 0. The molecule has 7 nitrogen and oxygen atoms in total. The number of nitrogens with one attached hydrogen (secondary N) is 2. The van der Waals surface area contributed by atoms with E-state index in [0.717, 1.165) is 12.1 Å². The maximum atomic E-state index is 12.6. The maximum Gasteiger partial charge on any atom is 0.416 e. The molecule has 0 radical (unpaired) electrons. The first-order chi connectivity index (χ1) is 10.6. The summed E-state index contributed by atoms with van der Waals surface area (Å²) in [5.41, 5.74) is 3.46. The van der Waals surface area contributed by atoms with Gasteiger partial charge in [0.25, 0.3) is 5.69 Å². The number of hydrogen-bond acceptors (Lipinski definition) is 5. The van der Waals surface area contributed by atoms with Crippen molar-refractivity contribution in [2.24, 2.45) is 5.73 Å². The minimum atomic E-state index is -4.67. The van der Waals surface area contributed by atoms with Crippen LogP contribution in [0, 0.1) is 10.1 Å². The lowest BCUT2D eigenvalue weighted by Gasteiger charge is -2.12. The van der Waals surface area contributed by atoms with Crippen molar-refractivity contribution in [2.75, 3.05) is 18.4 Å². The minimum absolute atomic E-state index is 0.00250. The van der Waals surface area contributed by atoms with E-state index in [-0.39, 0.29) is 37.1 Å². The number of anilines is 1. The third kappa shape index (κ3) is 5.74. The van der Waals surface area contributed by atoms with Crippen molar-refractivity contribution in [1.82, 2.24) is 5.32 Å². The summed E-state index contributed by atoms with van der Waals surface area (Å²) in [6.45, 7) is 2.02.